The van der Waals surface area contributed by atoms with Gasteiger partial charge in [-0.15, -0.1) is 0 Å². The van der Waals surface area contributed by atoms with Crippen LogP contribution >= 0.6 is 0 Å². The molecule has 0 aliphatic rings. The monoisotopic (exact) mass is 327 g/mol. The standard InChI is InChI=1S/C18H17NO5/c1-23-12-13-24-17-9-5-15(6-10-17)18(20)11-4-14-2-7-16(8-3-14)19(21)22/h2-11H,12-13H2,1H3. The lowest BCUT2D eigenvalue weighted by Crippen LogP contribution is -2.04. The molecule has 124 valence electrons. The van der Waals surface area contributed by atoms with Crippen molar-refractivity contribution in [3.05, 3.63) is 75.8 Å². The molecule has 0 radical (unpaired) electrons. The molecule has 2 rings (SSSR count). The van der Waals surface area contributed by atoms with Crippen molar-refractivity contribution in [1.29, 1.82) is 0 Å². The van der Waals surface area contributed by atoms with E-state index in [2.05, 4.69) is 0 Å². The molecule has 2 aromatic carbocycles. The lowest BCUT2D eigenvalue weighted by molar-refractivity contribution is -0.384. The normalized spacial score (nSPS) is 10.7. The van der Waals surface area contributed by atoms with Crippen molar-refractivity contribution >= 4 is 17.5 Å². The minimum absolute atomic E-state index is 0.0162. The van der Waals surface area contributed by atoms with Gasteiger partial charge in [-0.25, -0.2) is 0 Å². The quantitative estimate of drug-likeness (QED) is 0.244. The molecule has 0 aliphatic carbocycles. The van der Waals surface area contributed by atoms with Crippen LogP contribution in [0.5, 0.6) is 5.75 Å². The number of hydrogen-bond acceptors (Lipinski definition) is 5. The van der Waals surface area contributed by atoms with E-state index in [9.17, 15) is 14.9 Å². The molecule has 0 fully saturated rings. The lowest BCUT2D eigenvalue weighted by Gasteiger charge is -2.05. The second-order valence-electron chi connectivity index (χ2n) is 4.91. The largest absolute Gasteiger partial charge is 0.491 e. The number of rotatable bonds is 8. The molecule has 0 aromatic heterocycles. The fourth-order valence-electron chi connectivity index (χ4n) is 1.93. The zero-order chi connectivity index (χ0) is 17.4. The molecule has 0 bridgehead atoms. The summed E-state index contributed by atoms with van der Waals surface area (Å²) in [4.78, 5) is 22.2. The number of non-ortho nitro benzene ring substituents is 1. The fourth-order valence-corrected chi connectivity index (χ4v) is 1.93. The minimum Gasteiger partial charge on any atom is -0.491 e. The SMILES string of the molecule is COCCOc1ccc(C(=O)C=Cc2ccc([N+](=O)[O-])cc2)cc1. The molecule has 0 atom stereocenters. The average Bonchev–Trinajstić information content (AvgIpc) is 2.61. The minimum atomic E-state index is -0.463. The van der Waals surface area contributed by atoms with Crippen molar-refractivity contribution in [2.45, 2.75) is 0 Å². The molecule has 0 saturated carbocycles. The summed E-state index contributed by atoms with van der Waals surface area (Å²) in [7, 11) is 1.60. The number of carbonyl (C=O) groups is 1. The Bertz CT molecular complexity index is 720. The van der Waals surface area contributed by atoms with Crippen molar-refractivity contribution < 1.29 is 19.2 Å². The van der Waals surface area contributed by atoms with Gasteiger partial charge in [-0.1, -0.05) is 6.08 Å². The van der Waals surface area contributed by atoms with Crippen LogP contribution in [0.2, 0.25) is 0 Å². The number of hydrogen-bond donors (Lipinski definition) is 0. The topological polar surface area (TPSA) is 78.7 Å². The van der Waals surface area contributed by atoms with E-state index >= 15 is 0 Å². The van der Waals surface area contributed by atoms with E-state index in [1.54, 1.807) is 49.6 Å². The molecule has 0 N–H and O–H groups in total. The number of nitro benzene ring substituents is 1. The van der Waals surface area contributed by atoms with Gasteiger partial charge in [-0.05, 0) is 48.0 Å². The number of nitrogens with zero attached hydrogens (tertiary/aromatic N) is 1. The average molecular weight is 327 g/mol. The van der Waals surface area contributed by atoms with Gasteiger partial charge >= 0.3 is 0 Å². The maximum absolute atomic E-state index is 12.1. The van der Waals surface area contributed by atoms with Gasteiger partial charge in [0, 0.05) is 24.8 Å². The van der Waals surface area contributed by atoms with Crippen molar-refractivity contribution in [2.24, 2.45) is 0 Å². The Morgan fingerprint density at radius 1 is 1.08 bits per heavy atom. The highest BCUT2D eigenvalue weighted by molar-refractivity contribution is 6.06. The molecule has 6 heteroatoms. The van der Waals surface area contributed by atoms with Crippen LogP contribution in [0, 0.1) is 10.1 Å². The molecule has 0 heterocycles. The third kappa shape index (κ3) is 5.03. The van der Waals surface area contributed by atoms with Gasteiger partial charge < -0.3 is 9.47 Å². The van der Waals surface area contributed by atoms with Gasteiger partial charge in [0.25, 0.3) is 5.69 Å². The Hall–Kier alpha value is -2.99. The Morgan fingerprint density at radius 2 is 1.75 bits per heavy atom. The highest BCUT2D eigenvalue weighted by Crippen LogP contribution is 2.15. The van der Waals surface area contributed by atoms with E-state index in [1.807, 2.05) is 0 Å². The smallest absolute Gasteiger partial charge is 0.269 e. The summed E-state index contributed by atoms with van der Waals surface area (Å²) in [6.07, 6.45) is 3.05. The number of ketones is 1. The van der Waals surface area contributed by atoms with Gasteiger partial charge in [0.15, 0.2) is 5.78 Å². The van der Waals surface area contributed by atoms with Crippen LogP contribution < -0.4 is 4.74 Å². The van der Waals surface area contributed by atoms with Gasteiger partial charge in [-0.2, -0.15) is 0 Å². The summed E-state index contributed by atoms with van der Waals surface area (Å²) < 4.78 is 10.3. The summed E-state index contributed by atoms with van der Waals surface area (Å²) in [5.41, 5.74) is 1.27. The fraction of sp³-hybridized carbons (Fsp3) is 0.167. The number of carbonyl (C=O) groups excluding carboxylic acids is 1. The molecule has 0 amide bonds. The van der Waals surface area contributed by atoms with Crippen LogP contribution in [0.1, 0.15) is 15.9 Å². The first-order valence-corrected chi connectivity index (χ1v) is 7.29. The van der Waals surface area contributed by atoms with Crippen LogP contribution in [0.3, 0.4) is 0 Å². The van der Waals surface area contributed by atoms with Gasteiger partial charge in [0.2, 0.25) is 0 Å². The first kappa shape index (κ1) is 17.4. The first-order chi connectivity index (χ1) is 11.6. The van der Waals surface area contributed by atoms with Gasteiger partial charge in [0.05, 0.1) is 11.5 Å². The van der Waals surface area contributed by atoms with E-state index in [-0.39, 0.29) is 11.5 Å². The van der Waals surface area contributed by atoms with E-state index in [4.69, 9.17) is 9.47 Å². The van der Waals surface area contributed by atoms with Crippen LogP contribution in [0.25, 0.3) is 6.08 Å². The number of nitro groups is 1. The molecular formula is C18H17NO5. The number of benzene rings is 2. The van der Waals surface area contributed by atoms with Crippen molar-refractivity contribution in [3.63, 3.8) is 0 Å². The summed E-state index contributed by atoms with van der Waals surface area (Å²) in [5, 5.41) is 10.6. The summed E-state index contributed by atoms with van der Waals surface area (Å²) in [6, 6.07) is 12.8. The van der Waals surface area contributed by atoms with E-state index in [1.165, 1.54) is 18.2 Å². The van der Waals surface area contributed by atoms with E-state index < -0.39 is 4.92 Å². The van der Waals surface area contributed by atoms with E-state index in [0.717, 1.165) is 0 Å². The molecule has 0 unspecified atom stereocenters. The Labute approximate surface area is 139 Å². The van der Waals surface area contributed by atoms with Gasteiger partial charge in [0.1, 0.15) is 12.4 Å². The Morgan fingerprint density at radius 3 is 2.33 bits per heavy atom. The molecule has 6 nitrogen and oxygen atoms in total. The Kier molecular flexibility index (Phi) is 6.22. The predicted octanol–water partition coefficient (Wildman–Crippen LogP) is 3.52. The molecule has 0 spiro atoms. The van der Waals surface area contributed by atoms with Gasteiger partial charge in [-0.3, -0.25) is 14.9 Å². The Balaban J connectivity index is 1.97. The molecular weight excluding hydrogens is 310 g/mol. The zero-order valence-electron chi connectivity index (χ0n) is 13.2. The van der Waals surface area contributed by atoms with E-state index in [0.29, 0.717) is 30.1 Å². The third-order valence-electron chi connectivity index (χ3n) is 3.23. The molecule has 0 aliphatic heterocycles. The van der Waals surface area contributed by atoms with Crippen LogP contribution in [-0.4, -0.2) is 31.0 Å². The third-order valence-corrected chi connectivity index (χ3v) is 3.23. The first-order valence-electron chi connectivity index (χ1n) is 7.29. The summed E-state index contributed by atoms with van der Waals surface area (Å²) >= 11 is 0. The maximum Gasteiger partial charge on any atom is 0.269 e. The maximum atomic E-state index is 12.1. The second kappa shape index (κ2) is 8.59. The lowest BCUT2D eigenvalue weighted by atomic mass is 10.1. The van der Waals surface area contributed by atoms with Crippen molar-refractivity contribution in [2.75, 3.05) is 20.3 Å². The molecule has 0 saturated heterocycles. The number of ether oxygens (including phenoxy) is 2. The second-order valence-corrected chi connectivity index (χ2v) is 4.91. The predicted molar refractivity (Wildman–Crippen MR) is 90.3 cm³/mol. The highest BCUT2D eigenvalue weighted by Gasteiger charge is 2.04. The molecule has 2 aromatic rings. The van der Waals surface area contributed by atoms with Crippen molar-refractivity contribution in [3.8, 4) is 5.75 Å². The van der Waals surface area contributed by atoms with Crippen molar-refractivity contribution in [1.82, 2.24) is 0 Å². The highest BCUT2D eigenvalue weighted by atomic mass is 16.6. The summed E-state index contributed by atoms with van der Waals surface area (Å²) in [6.45, 7) is 0.947. The number of methoxy groups -OCH3 is 1. The van der Waals surface area contributed by atoms with Crippen LogP contribution in [-0.2, 0) is 4.74 Å². The zero-order valence-corrected chi connectivity index (χ0v) is 13.2. The summed E-state index contributed by atoms with van der Waals surface area (Å²) in [5.74, 6) is 0.514. The number of allylic oxidation sites excluding steroid dienone is 1. The van der Waals surface area contributed by atoms with Crippen LogP contribution in [0.4, 0.5) is 5.69 Å². The van der Waals surface area contributed by atoms with Crippen LogP contribution in [0.15, 0.2) is 54.6 Å². The molecule has 24 heavy (non-hydrogen) atoms.